The Kier molecular flexibility index (Phi) is 3.22. The van der Waals surface area contributed by atoms with Gasteiger partial charge >= 0.3 is 0 Å². The van der Waals surface area contributed by atoms with Crippen molar-refractivity contribution < 1.29 is 0 Å². The van der Waals surface area contributed by atoms with E-state index in [0.717, 1.165) is 22.3 Å². The Morgan fingerprint density at radius 3 is 2.39 bits per heavy atom. The molecular weight excluding hydrogens is 224 g/mol. The second kappa shape index (κ2) is 4.53. The molecule has 18 heavy (non-hydrogen) atoms. The number of likely N-dealkylation sites (N-methyl/N-ethyl adjacent to an activating group) is 1. The first-order valence-corrected chi connectivity index (χ1v) is 6.13. The molecule has 1 aromatic carbocycles. The minimum absolute atomic E-state index is 0.146. The fourth-order valence-electron chi connectivity index (χ4n) is 1.90. The predicted octanol–water partition coefficient (Wildman–Crippen LogP) is 2.11. The van der Waals surface area contributed by atoms with Gasteiger partial charge in [0.2, 0.25) is 0 Å². The van der Waals surface area contributed by atoms with Gasteiger partial charge in [-0.3, -0.25) is 0 Å². The summed E-state index contributed by atoms with van der Waals surface area (Å²) >= 11 is 0. The van der Waals surface area contributed by atoms with Crippen LogP contribution in [0.2, 0.25) is 0 Å². The van der Waals surface area contributed by atoms with E-state index in [1.807, 2.05) is 26.1 Å². The van der Waals surface area contributed by atoms with E-state index in [0.29, 0.717) is 6.54 Å². The topological polar surface area (TPSA) is 55.0 Å². The smallest absolute Gasteiger partial charge is 0.159 e. The highest BCUT2D eigenvalue weighted by Gasteiger charge is 2.24. The van der Waals surface area contributed by atoms with E-state index in [4.69, 9.17) is 5.73 Å². The van der Waals surface area contributed by atoms with Crippen LogP contribution in [0.1, 0.15) is 19.5 Å². The average Bonchev–Trinajstić information content (AvgIpc) is 2.39. The third-order valence-electron chi connectivity index (χ3n) is 3.58. The average molecular weight is 244 g/mol. The Morgan fingerprint density at radius 1 is 1.17 bits per heavy atom. The Morgan fingerprint density at radius 2 is 1.78 bits per heavy atom. The zero-order valence-electron chi connectivity index (χ0n) is 11.4. The Bertz CT molecular complexity index is 563. The lowest BCUT2D eigenvalue weighted by Gasteiger charge is -2.35. The van der Waals surface area contributed by atoms with Crippen molar-refractivity contribution >= 4 is 16.6 Å². The molecule has 0 amide bonds. The number of aryl methyl sites for hydroxylation is 1. The molecule has 4 heteroatoms. The van der Waals surface area contributed by atoms with E-state index >= 15 is 0 Å². The van der Waals surface area contributed by atoms with Gasteiger partial charge in [0.05, 0.1) is 5.69 Å². The minimum Gasteiger partial charge on any atom is -0.351 e. The molecule has 1 heterocycles. The molecule has 0 aliphatic carbocycles. The summed E-state index contributed by atoms with van der Waals surface area (Å²) in [7, 11) is 2.01. The van der Waals surface area contributed by atoms with Crippen LogP contribution in [-0.2, 0) is 0 Å². The third kappa shape index (κ3) is 2.04. The largest absolute Gasteiger partial charge is 0.351 e. The summed E-state index contributed by atoms with van der Waals surface area (Å²) in [5.41, 5.74) is 6.63. The summed E-state index contributed by atoms with van der Waals surface area (Å²) in [4.78, 5) is 2.10. The van der Waals surface area contributed by atoms with Crippen molar-refractivity contribution in [2.45, 2.75) is 26.3 Å². The van der Waals surface area contributed by atoms with Crippen molar-refractivity contribution in [3.63, 3.8) is 0 Å². The molecule has 0 unspecified atom stereocenters. The minimum atomic E-state index is -0.146. The molecule has 2 rings (SSSR count). The molecule has 96 valence electrons. The van der Waals surface area contributed by atoms with E-state index in [-0.39, 0.29) is 5.54 Å². The quantitative estimate of drug-likeness (QED) is 0.898. The molecule has 0 aliphatic rings. The number of nitrogens with zero attached hydrogens (tertiary/aromatic N) is 3. The molecule has 2 N–H and O–H groups in total. The molecule has 1 aromatic heterocycles. The number of fused-ring (bicyclic) bond motifs is 1. The van der Waals surface area contributed by atoms with Crippen LogP contribution in [0, 0.1) is 6.92 Å². The van der Waals surface area contributed by atoms with Crippen LogP contribution in [0.3, 0.4) is 0 Å². The van der Waals surface area contributed by atoms with Crippen LogP contribution >= 0.6 is 0 Å². The first-order chi connectivity index (χ1) is 8.47. The normalized spacial score (nSPS) is 11.8. The summed E-state index contributed by atoms with van der Waals surface area (Å²) in [5.74, 6) is 0.881. The summed E-state index contributed by atoms with van der Waals surface area (Å²) in [6.07, 6.45) is 0. The molecular formula is C14H20N4. The number of anilines is 1. The number of nitrogens with two attached hydrogens (primary N) is 1. The number of aromatic nitrogens is 2. The van der Waals surface area contributed by atoms with Gasteiger partial charge in [0, 0.05) is 29.9 Å². The van der Waals surface area contributed by atoms with Gasteiger partial charge in [-0.1, -0.05) is 24.3 Å². The third-order valence-corrected chi connectivity index (χ3v) is 3.58. The zero-order chi connectivity index (χ0) is 13.3. The predicted molar refractivity (Wildman–Crippen MR) is 75.8 cm³/mol. The molecule has 0 spiro atoms. The van der Waals surface area contributed by atoms with E-state index in [9.17, 15) is 0 Å². The van der Waals surface area contributed by atoms with E-state index in [1.165, 1.54) is 0 Å². The number of hydrogen-bond donors (Lipinski definition) is 1. The van der Waals surface area contributed by atoms with Crippen molar-refractivity contribution in [3.05, 3.63) is 30.0 Å². The molecule has 2 aromatic rings. The lowest BCUT2D eigenvalue weighted by atomic mass is 10.0. The lowest BCUT2D eigenvalue weighted by Crippen LogP contribution is -2.47. The van der Waals surface area contributed by atoms with Gasteiger partial charge < -0.3 is 10.6 Å². The zero-order valence-corrected chi connectivity index (χ0v) is 11.4. The van der Waals surface area contributed by atoms with Crippen molar-refractivity contribution in [1.82, 2.24) is 10.2 Å². The van der Waals surface area contributed by atoms with E-state index in [2.05, 4.69) is 41.1 Å². The highest BCUT2D eigenvalue weighted by molar-refractivity contribution is 5.93. The van der Waals surface area contributed by atoms with Crippen LogP contribution < -0.4 is 10.6 Å². The van der Waals surface area contributed by atoms with Crippen LogP contribution in [0.4, 0.5) is 5.82 Å². The van der Waals surface area contributed by atoms with Crippen LogP contribution in [0.15, 0.2) is 24.3 Å². The monoisotopic (exact) mass is 244 g/mol. The number of benzene rings is 1. The summed E-state index contributed by atoms with van der Waals surface area (Å²) < 4.78 is 0. The molecule has 0 fully saturated rings. The van der Waals surface area contributed by atoms with Crippen molar-refractivity contribution in [1.29, 1.82) is 0 Å². The van der Waals surface area contributed by atoms with Gasteiger partial charge in [0.1, 0.15) is 0 Å². The number of rotatable bonds is 3. The van der Waals surface area contributed by atoms with Gasteiger partial charge in [-0.05, 0) is 20.8 Å². The van der Waals surface area contributed by atoms with Gasteiger partial charge in [-0.15, -0.1) is 5.10 Å². The maximum atomic E-state index is 5.83. The Labute approximate surface area is 108 Å². The van der Waals surface area contributed by atoms with Crippen LogP contribution in [-0.4, -0.2) is 29.3 Å². The summed E-state index contributed by atoms with van der Waals surface area (Å²) in [6.45, 7) is 6.74. The van der Waals surface area contributed by atoms with Crippen LogP contribution in [0.25, 0.3) is 10.8 Å². The molecule has 0 atom stereocenters. The molecule has 0 saturated carbocycles. The maximum Gasteiger partial charge on any atom is 0.159 e. The van der Waals surface area contributed by atoms with Gasteiger partial charge in [-0.2, -0.15) is 5.10 Å². The second-order valence-corrected chi connectivity index (χ2v) is 5.23. The number of hydrogen-bond acceptors (Lipinski definition) is 4. The maximum absolute atomic E-state index is 5.83. The highest BCUT2D eigenvalue weighted by atomic mass is 15.3. The molecule has 0 aliphatic heterocycles. The standard InChI is InChI=1S/C14H20N4/c1-10-11-7-5-6-8-12(11)13(17-16-10)18(4)14(2,3)9-15/h5-8H,9,15H2,1-4H3. The van der Waals surface area contributed by atoms with Gasteiger partial charge in [-0.25, -0.2) is 0 Å². The van der Waals surface area contributed by atoms with E-state index < -0.39 is 0 Å². The van der Waals surface area contributed by atoms with Gasteiger partial charge in [0.15, 0.2) is 5.82 Å². The molecule has 4 nitrogen and oxygen atoms in total. The highest BCUT2D eigenvalue weighted by Crippen LogP contribution is 2.28. The molecule has 0 saturated heterocycles. The van der Waals surface area contributed by atoms with Crippen molar-refractivity contribution in [2.75, 3.05) is 18.5 Å². The van der Waals surface area contributed by atoms with Crippen molar-refractivity contribution in [3.8, 4) is 0 Å². The Hall–Kier alpha value is -1.68. The molecule has 0 radical (unpaired) electrons. The molecule has 0 bridgehead atoms. The first kappa shape index (κ1) is 12.8. The fourth-order valence-corrected chi connectivity index (χ4v) is 1.90. The SMILES string of the molecule is Cc1nnc(N(C)C(C)(C)CN)c2ccccc12. The van der Waals surface area contributed by atoms with E-state index in [1.54, 1.807) is 0 Å². The first-order valence-electron chi connectivity index (χ1n) is 6.13. The Balaban J connectivity index is 2.62. The van der Waals surface area contributed by atoms with Crippen molar-refractivity contribution in [2.24, 2.45) is 5.73 Å². The lowest BCUT2D eigenvalue weighted by molar-refractivity contribution is 0.494. The second-order valence-electron chi connectivity index (χ2n) is 5.23. The fraction of sp³-hybridized carbons (Fsp3) is 0.429. The summed E-state index contributed by atoms with van der Waals surface area (Å²) in [5, 5.41) is 10.8. The summed E-state index contributed by atoms with van der Waals surface area (Å²) in [6, 6.07) is 8.20. The van der Waals surface area contributed by atoms with Gasteiger partial charge in [0.25, 0.3) is 0 Å². The van der Waals surface area contributed by atoms with Crippen LogP contribution in [0.5, 0.6) is 0 Å².